The van der Waals surface area contributed by atoms with Crippen molar-refractivity contribution in [3.8, 4) is 0 Å². The van der Waals surface area contributed by atoms with Gasteiger partial charge in [0.2, 0.25) is 0 Å². The molecule has 1 unspecified atom stereocenters. The molecule has 0 fully saturated rings. The molecule has 0 heterocycles. The zero-order chi connectivity index (χ0) is 13.9. The monoisotopic (exact) mass is 407 g/mol. The molecular formula is C15H26IN3S. The number of nitrogens with one attached hydrogen (secondary N) is 2. The number of thioether (sulfide) groups is 1. The van der Waals surface area contributed by atoms with Crippen molar-refractivity contribution in [3.05, 3.63) is 30.3 Å². The molecule has 0 saturated carbocycles. The Balaban J connectivity index is 0.00000361. The molecule has 0 saturated heterocycles. The molecule has 20 heavy (non-hydrogen) atoms. The van der Waals surface area contributed by atoms with E-state index < -0.39 is 0 Å². The van der Waals surface area contributed by atoms with Gasteiger partial charge in [-0.2, -0.15) is 0 Å². The second kappa shape index (κ2) is 12.3. The molecule has 3 nitrogen and oxygen atoms in total. The number of hydrogen-bond acceptors (Lipinski definition) is 2. The lowest BCUT2D eigenvalue weighted by molar-refractivity contribution is 0.726. The first-order valence-corrected chi connectivity index (χ1v) is 7.80. The zero-order valence-corrected chi connectivity index (χ0v) is 15.7. The molecule has 0 amide bonds. The summed E-state index contributed by atoms with van der Waals surface area (Å²) in [5.41, 5.74) is 0. The summed E-state index contributed by atoms with van der Waals surface area (Å²) in [5, 5.41) is 7.19. The lowest BCUT2D eigenvalue weighted by atomic mass is 10.3. The molecule has 1 atom stereocenters. The molecule has 1 rings (SSSR count). The van der Waals surface area contributed by atoms with Gasteiger partial charge in [-0.3, -0.25) is 4.99 Å². The average molecular weight is 407 g/mol. The molecule has 2 N–H and O–H groups in total. The van der Waals surface area contributed by atoms with E-state index in [9.17, 15) is 0 Å². The number of benzene rings is 1. The fourth-order valence-corrected chi connectivity index (χ4v) is 2.56. The van der Waals surface area contributed by atoms with Crippen LogP contribution in [0.5, 0.6) is 0 Å². The van der Waals surface area contributed by atoms with Crippen LogP contribution in [-0.4, -0.2) is 31.3 Å². The summed E-state index contributed by atoms with van der Waals surface area (Å²) in [4.78, 5) is 5.53. The zero-order valence-electron chi connectivity index (χ0n) is 12.6. The molecular weight excluding hydrogens is 381 g/mol. The highest BCUT2D eigenvalue weighted by atomic mass is 127. The summed E-state index contributed by atoms with van der Waals surface area (Å²) < 4.78 is 0. The molecule has 114 valence electrons. The maximum Gasteiger partial charge on any atom is 0.191 e. The maximum atomic E-state index is 4.22. The number of rotatable bonds is 7. The quantitative estimate of drug-likeness (QED) is 0.238. The first-order chi connectivity index (χ1) is 9.26. The fourth-order valence-electron chi connectivity index (χ4n) is 1.62. The van der Waals surface area contributed by atoms with E-state index in [4.69, 9.17) is 0 Å². The third-order valence-corrected chi connectivity index (χ3v) is 3.80. The Labute approximate surface area is 144 Å². The molecule has 0 spiro atoms. The molecule has 0 bridgehead atoms. The van der Waals surface area contributed by atoms with E-state index in [0.717, 1.165) is 19.0 Å². The minimum Gasteiger partial charge on any atom is -0.356 e. The van der Waals surface area contributed by atoms with Gasteiger partial charge in [-0.05, 0) is 18.6 Å². The molecule has 1 aromatic rings. The van der Waals surface area contributed by atoms with Crippen molar-refractivity contribution >= 4 is 41.7 Å². The number of unbranched alkanes of at least 4 members (excludes halogenated alkanes) is 1. The first-order valence-electron chi connectivity index (χ1n) is 6.92. The van der Waals surface area contributed by atoms with E-state index in [0.29, 0.717) is 5.25 Å². The van der Waals surface area contributed by atoms with Crippen LogP contribution in [-0.2, 0) is 0 Å². The second-order valence-corrected chi connectivity index (χ2v) is 5.99. The van der Waals surface area contributed by atoms with Crippen LogP contribution >= 0.6 is 35.7 Å². The van der Waals surface area contributed by atoms with Crippen molar-refractivity contribution < 1.29 is 0 Å². The summed E-state index contributed by atoms with van der Waals surface area (Å²) in [6.45, 7) is 6.31. The van der Waals surface area contributed by atoms with E-state index >= 15 is 0 Å². The first kappa shape index (κ1) is 19.6. The number of hydrogen-bond donors (Lipinski definition) is 2. The predicted molar refractivity (Wildman–Crippen MR) is 101 cm³/mol. The van der Waals surface area contributed by atoms with Gasteiger partial charge >= 0.3 is 0 Å². The maximum absolute atomic E-state index is 4.22. The third-order valence-electron chi connectivity index (χ3n) is 2.68. The van der Waals surface area contributed by atoms with Gasteiger partial charge in [-0.15, -0.1) is 35.7 Å². The number of nitrogens with zero attached hydrogens (tertiary/aromatic N) is 1. The van der Waals surface area contributed by atoms with Gasteiger partial charge in [0, 0.05) is 30.3 Å². The minimum absolute atomic E-state index is 0. The molecule has 0 aromatic heterocycles. The molecule has 0 aliphatic heterocycles. The molecule has 5 heteroatoms. The highest BCUT2D eigenvalue weighted by Gasteiger charge is 2.05. The Morgan fingerprint density at radius 2 is 1.95 bits per heavy atom. The van der Waals surface area contributed by atoms with Crippen LogP contribution in [0.15, 0.2) is 40.2 Å². The van der Waals surface area contributed by atoms with Crippen LogP contribution in [0.3, 0.4) is 0 Å². The van der Waals surface area contributed by atoms with Crippen molar-refractivity contribution in [2.24, 2.45) is 4.99 Å². The standard InChI is InChI=1S/C15H25N3S.HI/c1-4-5-11-17-15(16-3)18-12-13(2)19-14-9-7-6-8-10-14;/h6-10,13H,4-5,11-12H2,1-3H3,(H2,16,17,18);1H. The summed E-state index contributed by atoms with van der Waals surface area (Å²) in [6, 6.07) is 10.5. The lowest BCUT2D eigenvalue weighted by Crippen LogP contribution is -2.40. The Morgan fingerprint density at radius 1 is 1.25 bits per heavy atom. The number of aliphatic imine (C=N–C) groups is 1. The minimum atomic E-state index is 0. The van der Waals surface area contributed by atoms with Gasteiger partial charge in [-0.1, -0.05) is 38.5 Å². The smallest absolute Gasteiger partial charge is 0.191 e. The highest BCUT2D eigenvalue weighted by Crippen LogP contribution is 2.21. The van der Waals surface area contributed by atoms with E-state index in [1.807, 2.05) is 24.9 Å². The summed E-state index contributed by atoms with van der Waals surface area (Å²) >= 11 is 1.88. The van der Waals surface area contributed by atoms with E-state index in [1.165, 1.54) is 17.7 Å². The number of guanidine groups is 1. The van der Waals surface area contributed by atoms with Crippen LogP contribution in [0.25, 0.3) is 0 Å². The summed E-state index contributed by atoms with van der Waals surface area (Å²) in [6.07, 6.45) is 2.37. The predicted octanol–water partition coefficient (Wildman–Crippen LogP) is 3.75. The van der Waals surface area contributed by atoms with E-state index in [1.54, 1.807) is 0 Å². The van der Waals surface area contributed by atoms with Gasteiger partial charge in [0.1, 0.15) is 0 Å². The van der Waals surface area contributed by atoms with Gasteiger partial charge in [-0.25, -0.2) is 0 Å². The lowest BCUT2D eigenvalue weighted by Gasteiger charge is -2.15. The van der Waals surface area contributed by atoms with Crippen LogP contribution in [0.4, 0.5) is 0 Å². The normalized spacial score (nSPS) is 12.4. The van der Waals surface area contributed by atoms with Gasteiger partial charge in [0.05, 0.1) is 0 Å². The highest BCUT2D eigenvalue weighted by molar-refractivity contribution is 14.0. The van der Waals surface area contributed by atoms with E-state index in [2.05, 4.69) is 53.7 Å². The van der Waals surface area contributed by atoms with Crippen LogP contribution in [0.2, 0.25) is 0 Å². The van der Waals surface area contributed by atoms with Crippen molar-refractivity contribution in [3.63, 3.8) is 0 Å². The molecule has 0 aliphatic rings. The van der Waals surface area contributed by atoms with Gasteiger partial charge < -0.3 is 10.6 Å². The average Bonchev–Trinajstić information content (AvgIpc) is 2.44. The van der Waals surface area contributed by atoms with Crippen molar-refractivity contribution in [2.75, 3.05) is 20.1 Å². The van der Waals surface area contributed by atoms with Crippen LogP contribution in [0.1, 0.15) is 26.7 Å². The summed E-state index contributed by atoms with van der Waals surface area (Å²) in [5.74, 6) is 0.897. The van der Waals surface area contributed by atoms with Crippen LogP contribution in [0, 0.1) is 0 Å². The Bertz CT molecular complexity index is 371. The number of halogens is 1. The molecule has 0 radical (unpaired) electrons. The Morgan fingerprint density at radius 3 is 2.55 bits per heavy atom. The third kappa shape index (κ3) is 8.68. The topological polar surface area (TPSA) is 36.4 Å². The van der Waals surface area contributed by atoms with Gasteiger partial charge in [0.25, 0.3) is 0 Å². The van der Waals surface area contributed by atoms with Gasteiger partial charge in [0.15, 0.2) is 5.96 Å². The summed E-state index contributed by atoms with van der Waals surface area (Å²) in [7, 11) is 1.82. The molecule has 0 aliphatic carbocycles. The SMILES string of the molecule is CCCCNC(=NC)NCC(C)Sc1ccccc1.I. The second-order valence-electron chi connectivity index (χ2n) is 4.47. The molecule has 1 aromatic carbocycles. The van der Waals surface area contributed by atoms with Crippen LogP contribution < -0.4 is 10.6 Å². The van der Waals surface area contributed by atoms with Crippen molar-refractivity contribution in [1.82, 2.24) is 10.6 Å². The Hall–Kier alpha value is -0.430. The van der Waals surface area contributed by atoms with Crippen molar-refractivity contribution in [2.45, 2.75) is 36.8 Å². The largest absolute Gasteiger partial charge is 0.356 e. The van der Waals surface area contributed by atoms with E-state index in [-0.39, 0.29) is 24.0 Å². The Kier molecular flexibility index (Phi) is 12.1. The fraction of sp³-hybridized carbons (Fsp3) is 0.533. The van der Waals surface area contributed by atoms with Crippen molar-refractivity contribution in [1.29, 1.82) is 0 Å².